The van der Waals surface area contributed by atoms with Crippen LogP contribution in [0.2, 0.25) is 5.02 Å². The number of nitrogens with zero attached hydrogens (tertiary/aromatic N) is 2. The van der Waals surface area contributed by atoms with Crippen molar-refractivity contribution >= 4 is 35.1 Å². The second-order valence-corrected chi connectivity index (χ2v) is 7.72. The highest BCUT2D eigenvalue weighted by molar-refractivity contribution is 6.33. The lowest BCUT2D eigenvalue weighted by Gasteiger charge is -2.22. The van der Waals surface area contributed by atoms with E-state index < -0.39 is 35.1 Å². The monoisotopic (exact) mass is 494 g/mol. The van der Waals surface area contributed by atoms with Crippen LogP contribution < -0.4 is 4.90 Å². The molecule has 1 amide bonds. The Hall–Kier alpha value is -3.59. The lowest BCUT2D eigenvalue weighted by atomic mass is 10.1. The number of aliphatic imine (C=N–C) groups is 1. The Bertz CT molecular complexity index is 1260. The number of alkyl halides is 6. The summed E-state index contributed by atoms with van der Waals surface area (Å²) in [7, 11) is 0. The maximum absolute atomic E-state index is 13.4. The molecule has 0 saturated heterocycles. The molecule has 3 nitrogen and oxygen atoms in total. The van der Waals surface area contributed by atoms with E-state index in [0.29, 0.717) is 28.3 Å². The zero-order chi connectivity index (χ0) is 24.7. The molecule has 10 heteroatoms. The van der Waals surface area contributed by atoms with Gasteiger partial charge in [-0.25, -0.2) is 4.99 Å². The lowest BCUT2D eigenvalue weighted by molar-refractivity contribution is -0.143. The molecule has 3 aromatic rings. The van der Waals surface area contributed by atoms with Gasteiger partial charge >= 0.3 is 12.4 Å². The first-order chi connectivity index (χ1) is 15.9. The van der Waals surface area contributed by atoms with Crippen LogP contribution >= 0.6 is 11.6 Å². The minimum absolute atomic E-state index is 0.00778. The summed E-state index contributed by atoms with van der Waals surface area (Å²) < 4.78 is 80.5. The smallest absolute Gasteiger partial charge is 0.266 e. The summed E-state index contributed by atoms with van der Waals surface area (Å²) in [4.78, 5) is 18.2. The van der Waals surface area contributed by atoms with Crippen LogP contribution in [0, 0.1) is 0 Å². The maximum atomic E-state index is 13.4. The van der Waals surface area contributed by atoms with Gasteiger partial charge < -0.3 is 0 Å². The molecule has 0 atom stereocenters. The Balaban J connectivity index is 1.90. The van der Waals surface area contributed by atoms with E-state index in [1.807, 2.05) is 0 Å². The maximum Gasteiger partial charge on any atom is 0.416 e. The first-order valence-corrected chi connectivity index (χ1v) is 10.1. The molecule has 0 saturated carbocycles. The molecule has 0 aromatic heterocycles. The molecule has 34 heavy (non-hydrogen) atoms. The average molecular weight is 495 g/mol. The highest BCUT2D eigenvalue weighted by Crippen LogP contribution is 2.40. The summed E-state index contributed by atoms with van der Waals surface area (Å²) >= 11 is 5.86. The number of anilines is 1. The van der Waals surface area contributed by atoms with E-state index in [2.05, 4.69) is 4.99 Å². The second kappa shape index (κ2) is 8.64. The van der Waals surface area contributed by atoms with Crippen molar-refractivity contribution in [2.45, 2.75) is 12.4 Å². The third-order valence-corrected chi connectivity index (χ3v) is 5.15. The number of carbonyl (C=O) groups is 1. The van der Waals surface area contributed by atoms with E-state index in [0.717, 1.165) is 4.90 Å². The molecule has 1 aliphatic rings. The minimum Gasteiger partial charge on any atom is -0.266 e. The molecule has 4 rings (SSSR count). The molecule has 0 aliphatic carbocycles. The molecule has 1 aliphatic heterocycles. The molecule has 174 valence electrons. The zero-order valence-corrected chi connectivity index (χ0v) is 17.7. The highest BCUT2D eigenvalue weighted by Gasteiger charge is 2.40. The fourth-order valence-electron chi connectivity index (χ4n) is 3.32. The number of hydrogen-bond donors (Lipinski definition) is 0. The summed E-state index contributed by atoms with van der Waals surface area (Å²) in [6.07, 6.45) is -8.75. The average Bonchev–Trinajstić information content (AvgIpc) is 3.10. The van der Waals surface area contributed by atoms with Crippen molar-refractivity contribution in [3.05, 3.63) is 106 Å². The molecule has 0 N–H and O–H groups in total. The van der Waals surface area contributed by atoms with Gasteiger partial charge in [0, 0.05) is 10.6 Å². The largest absolute Gasteiger partial charge is 0.416 e. The number of hydrogen-bond acceptors (Lipinski definition) is 2. The minimum atomic E-state index is -5.06. The van der Waals surface area contributed by atoms with Crippen molar-refractivity contribution in [2.75, 3.05) is 4.90 Å². The van der Waals surface area contributed by atoms with Crippen molar-refractivity contribution in [1.29, 1.82) is 0 Å². The van der Waals surface area contributed by atoms with E-state index >= 15 is 0 Å². The first-order valence-electron chi connectivity index (χ1n) is 9.69. The first kappa shape index (κ1) is 23.6. The van der Waals surface area contributed by atoms with Crippen molar-refractivity contribution in [1.82, 2.24) is 0 Å². The number of amides is 1. The molecule has 0 fully saturated rings. The van der Waals surface area contributed by atoms with E-state index in [9.17, 15) is 31.1 Å². The van der Waals surface area contributed by atoms with Crippen molar-refractivity contribution in [3.63, 3.8) is 0 Å². The lowest BCUT2D eigenvalue weighted by Crippen LogP contribution is -2.33. The Labute approximate surface area is 194 Å². The summed E-state index contributed by atoms with van der Waals surface area (Å²) in [6.45, 7) is 0. The van der Waals surface area contributed by atoms with Gasteiger partial charge in [-0.1, -0.05) is 54.1 Å². The van der Waals surface area contributed by atoms with Gasteiger partial charge in [0.15, 0.2) is 0 Å². The Morgan fingerprint density at radius 3 is 1.88 bits per heavy atom. The van der Waals surface area contributed by atoms with Crippen molar-refractivity contribution in [2.24, 2.45) is 4.99 Å². The van der Waals surface area contributed by atoms with Crippen LogP contribution in [-0.4, -0.2) is 11.7 Å². The predicted octanol–water partition coefficient (Wildman–Crippen LogP) is 7.21. The third-order valence-electron chi connectivity index (χ3n) is 4.90. The van der Waals surface area contributed by atoms with Gasteiger partial charge in [-0.2, -0.15) is 26.3 Å². The number of amidine groups is 1. The third kappa shape index (κ3) is 4.84. The Morgan fingerprint density at radius 2 is 1.35 bits per heavy atom. The summed E-state index contributed by atoms with van der Waals surface area (Å²) in [5.41, 5.74) is -2.98. The van der Waals surface area contributed by atoms with Gasteiger partial charge in [0.2, 0.25) is 0 Å². The Kier molecular flexibility index (Phi) is 5.99. The quantitative estimate of drug-likeness (QED) is 0.280. The van der Waals surface area contributed by atoms with Gasteiger partial charge in [-0.15, -0.1) is 0 Å². The Morgan fingerprint density at radius 1 is 0.794 bits per heavy atom. The van der Waals surface area contributed by atoms with Crippen LogP contribution in [0.15, 0.2) is 83.5 Å². The van der Waals surface area contributed by atoms with Gasteiger partial charge in [0.05, 0.1) is 16.8 Å². The zero-order valence-electron chi connectivity index (χ0n) is 17.0. The number of halogens is 7. The van der Waals surface area contributed by atoms with Crippen LogP contribution in [0.25, 0.3) is 6.08 Å². The van der Waals surface area contributed by atoms with Gasteiger partial charge in [-0.05, 0) is 42.0 Å². The summed E-state index contributed by atoms with van der Waals surface area (Å²) in [6, 6.07) is 15.3. The van der Waals surface area contributed by atoms with Crippen molar-refractivity contribution in [3.8, 4) is 0 Å². The summed E-state index contributed by atoms with van der Waals surface area (Å²) in [5.74, 6) is -0.973. The van der Waals surface area contributed by atoms with Crippen LogP contribution in [0.3, 0.4) is 0 Å². The van der Waals surface area contributed by atoms with E-state index in [1.54, 1.807) is 54.6 Å². The van der Waals surface area contributed by atoms with E-state index in [4.69, 9.17) is 11.6 Å². The van der Waals surface area contributed by atoms with Crippen molar-refractivity contribution < 1.29 is 31.1 Å². The van der Waals surface area contributed by atoms with Crippen LogP contribution in [0.5, 0.6) is 0 Å². The topological polar surface area (TPSA) is 32.7 Å². The molecule has 0 unspecified atom stereocenters. The molecule has 0 bridgehead atoms. The molecule has 3 aromatic carbocycles. The fraction of sp³-hybridized carbons (Fsp3) is 0.0833. The number of carbonyl (C=O) groups excluding carboxylic acids is 1. The molecule has 0 radical (unpaired) electrons. The molecule has 1 heterocycles. The summed E-state index contributed by atoms with van der Waals surface area (Å²) in [5, 5.41) is 0.443. The van der Waals surface area contributed by atoms with E-state index in [1.165, 1.54) is 6.08 Å². The SMILES string of the molecule is O=C1C(=Cc2ccc(Cl)cc2)N=C(c2ccccc2)N1c1cc(C(F)(F)F)cc(C(F)(F)F)c1. The normalized spacial score (nSPS) is 15.7. The fourth-order valence-corrected chi connectivity index (χ4v) is 3.45. The standard InChI is InChI=1S/C24H13ClF6N2O/c25-18-8-6-14(7-9-18)10-20-22(34)33(21(32-20)15-4-2-1-3-5-15)19-12-16(23(26,27)28)11-17(13-19)24(29,30)31/h1-13H. The predicted molar refractivity (Wildman–Crippen MR) is 116 cm³/mol. The van der Waals surface area contributed by atoms with Crippen LogP contribution in [0.4, 0.5) is 32.0 Å². The van der Waals surface area contributed by atoms with E-state index in [-0.39, 0.29) is 17.6 Å². The van der Waals surface area contributed by atoms with Crippen LogP contribution in [0.1, 0.15) is 22.3 Å². The van der Waals surface area contributed by atoms with Gasteiger partial charge in [0.1, 0.15) is 11.5 Å². The molecular weight excluding hydrogens is 482 g/mol. The molecule has 0 spiro atoms. The number of benzene rings is 3. The second-order valence-electron chi connectivity index (χ2n) is 7.29. The highest BCUT2D eigenvalue weighted by atomic mass is 35.5. The van der Waals surface area contributed by atoms with Gasteiger partial charge in [0.25, 0.3) is 5.91 Å². The van der Waals surface area contributed by atoms with Gasteiger partial charge in [-0.3, -0.25) is 9.69 Å². The number of rotatable bonds is 3. The molecular formula is C24H13ClF6N2O. The van der Waals surface area contributed by atoms with Crippen LogP contribution in [-0.2, 0) is 17.1 Å².